The molecule has 2 aliphatic heterocycles. The van der Waals surface area contributed by atoms with Crippen LogP contribution in [0.3, 0.4) is 0 Å². The molecule has 2 unspecified atom stereocenters. The first-order valence-electron chi connectivity index (χ1n) is 8.94. The lowest BCUT2D eigenvalue weighted by Crippen LogP contribution is -2.32. The first-order valence-corrected chi connectivity index (χ1v) is 8.94. The number of hydrogen-bond acceptors (Lipinski definition) is 3. The Labute approximate surface area is 153 Å². The highest BCUT2D eigenvalue weighted by atomic mass is 16.6. The van der Waals surface area contributed by atoms with Gasteiger partial charge in [0.2, 0.25) is 0 Å². The van der Waals surface area contributed by atoms with Crippen molar-refractivity contribution >= 4 is 11.8 Å². The third kappa shape index (κ3) is 2.86. The van der Waals surface area contributed by atoms with Gasteiger partial charge in [0.05, 0.1) is 0 Å². The quantitative estimate of drug-likeness (QED) is 0.591. The van der Waals surface area contributed by atoms with Gasteiger partial charge in [-0.1, -0.05) is 60.7 Å². The van der Waals surface area contributed by atoms with Crippen molar-refractivity contribution in [3.05, 3.63) is 83.4 Å². The molecule has 0 N–H and O–H groups in total. The summed E-state index contributed by atoms with van der Waals surface area (Å²) in [6, 6.07) is 20.4. The molecule has 1 fully saturated rings. The molecule has 26 heavy (non-hydrogen) atoms. The van der Waals surface area contributed by atoms with Crippen LogP contribution in [0.1, 0.15) is 37.0 Å². The van der Waals surface area contributed by atoms with Gasteiger partial charge < -0.3 is 4.74 Å². The molecule has 4 rings (SSSR count). The number of benzene rings is 2. The van der Waals surface area contributed by atoms with Gasteiger partial charge in [0.25, 0.3) is 11.8 Å². The predicted molar refractivity (Wildman–Crippen MR) is 98.1 cm³/mol. The monoisotopic (exact) mass is 347 g/mol. The molecule has 0 spiro atoms. The molecule has 1 saturated heterocycles. The van der Waals surface area contributed by atoms with Crippen LogP contribution in [0.25, 0.3) is 0 Å². The fourth-order valence-electron chi connectivity index (χ4n) is 3.76. The Morgan fingerprint density at radius 2 is 1.65 bits per heavy atom. The summed E-state index contributed by atoms with van der Waals surface area (Å²) in [5.41, 5.74) is 2.43. The molecule has 2 aliphatic rings. The third-order valence-corrected chi connectivity index (χ3v) is 5.18. The molecule has 2 atom stereocenters. The number of hydrogen-bond donors (Lipinski definition) is 0. The van der Waals surface area contributed by atoms with Crippen LogP contribution < -0.4 is 0 Å². The number of ether oxygens (including phenoxy) is 1. The van der Waals surface area contributed by atoms with Crippen molar-refractivity contribution < 1.29 is 14.3 Å². The minimum absolute atomic E-state index is 0.0101. The summed E-state index contributed by atoms with van der Waals surface area (Å²) in [4.78, 5) is 25.3. The fraction of sp³-hybridized carbons (Fsp3) is 0.273. The summed E-state index contributed by atoms with van der Waals surface area (Å²) in [6.45, 7) is 2.10. The Morgan fingerprint density at radius 3 is 2.27 bits per heavy atom. The molecule has 4 nitrogen and oxygen atoms in total. The molecule has 0 aliphatic carbocycles. The lowest BCUT2D eigenvalue weighted by Gasteiger charge is -2.18. The summed E-state index contributed by atoms with van der Waals surface area (Å²) < 4.78 is 6.21. The smallest absolute Gasteiger partial charge is 0.256 e. The summed E-state index contributed by atoms with van der Waals surface area (Å²) >= 11 is 0. The second kappa shape index (κ2) is 6.54. The molecule has 2 aromatic carbocycles. The maximum atomic E-state index is 12.0. The first kappa shape index (κ1) is 16.7. The minimum Gasteiger partial charge on any atom is -0.356 e. The van der Waals surface area contributed by atoms with Gasteiger partial charge in [-0.2, -0.15) is 0 Å². The molecule has 0 radical (unpaired) electrons. The van der Waals surface area contributed by atoms with Gasteiger partial charge in [-0.15, -0.1) is 0 Å². The van der Waals surface area contributed by atoms with Crippen LogP contribution in [0, 0.1) is 0 Å². The number of epoxide rings is 1. The van der Waals surface area contributed by atoms with Crippen molar-refractivity contribution in [2.75, 3.05) is 6.54 Å². The van der Waals surface area contributed by atoms with Crippen LogP contribution >= 0.6 is 0 Å². The molecule has 2 aromatic rings. The molecule has 0 bridgehead atoms. The second-order valence-corrected chi connectivity index (χ2v) is 6.89. The standard InChI is InChI=1S/C22H21NO3/c1-16-15-19(24)23(21(16)25)14-8-13-22(18-11-6-3-7-12-18)20(26-22)17-9-4-2-5-10-17/h2-7,9-12,15,20H,8,13-14H2,1H3. The van der Waals surface area contributed by atoms with E-state index in [4.69, 9.17) is 4.74 Å². The number of carbonyl (C=O) groups is 2. The van der Waals surface area contributed by atoms with Crippen molar-refractivity contribution in [1.82, 2.24) is 4.90 Å². The average Bonchev–Trinajstić information content (AvgIpc) is 3.36. The highest BCUT2D eigenvalue weighted by Crippen LogP contribution is 2.59. The van der Waals surface area contributed by atoms with Gasteiger partial charge in [0.15, 0.2) is 0 Å². The summed E-state index contributed by atoms with van der Waals surface area (Å²) in [5.74, 6) is -0.391. The zero-order valence-corrected chi connectivity index (χ0v) is 14.7. The first-order chi connectivity index (χ1) is 12.6. The van der Waals surface area contributed by atoms with Crippen LogP contribution in [0.15, 0.2) is 72.3 Å². The Morgan fingerprint density at radius 1 is 1.00 bits per heavy atom. The number of nitrogens with zero attached hydrogens (tertiary/aromatic N) is 1. The van der Waals surface area contributed by atoms with E-state index >= 15 is 0 Å². The SMILES string of the molecule is CC1=CC(=O)N(CCCC2(c3ccccc3)OC2c2ccccc2)C1=O. The zero-order valence-electron chi connectivity index (χ0n) is 14.7. The van der Waals surface area contributed by atoms with E-state index in [0.717, 1.165) is 17.5 Å². The van der Waals surface area contributed by atoms with E-state index in [2.05, 4.69) is 24.3 Å². The Balaban J connectivity index is 1.49. The number of amides is 2. The van der Waals surface area contributed by atoms with E-state index < -0.39 is 0 Å². The highest BCUT2D eigenvalue weighted by Gasteiger charge is 2.57. The van der Waals surface area contributed by atoms with Crippen LogP contribution in [0.2, 0.25) is 0 Å². The fourth-order valence-corrected chi connectivity index (χ4v) is 3.76. The van der Waals surface area contributed by atoms with Crippen LogP contribution in [0.4, 0.5) is 0 Å². The molecule has 0 aromatic heterocycles. The topological polar surface area (TPSA) is 49.9 Å². The van der Waals surface area contributed by atoms with Gasteiger partial charge in [-0.25, -0.2) is 0 Å². The van der Waals surface area contributed by atoms with E-state index in [1.54, 1.807) is 6.92 Å². The van der Waals surface area contributed by atoms with E-state index in [1.807, 2.05) is 36.4 Å². The molecule has 2 heterocycles. The Hall–Kier alpha value is -2.72. The van der Waals surface area contributed by atoms with Gasteiger partial charge in [0, 0.05) is 18.2 Å². The van der Waals surface area contributed by atoms with Crippen molar-refractivity contribution in [3.63, 3.8) is 0 Å². The molecule has 132 valence electrons. The van der Waals surface area contributed by atoms with Gasteiger partial charge in [0.1, 0.15) is 11.7 Å². The molecular formula is C22H21NO3. The second-order valence-electron chi connectivity index (χ2n) is 6.89. The highest BCUT2D eigenvalue weighted by molar-refractivity contribution is 6.15. The lowest BCUT2D eigenvalue weighted by atomic mass is 9.88. The van der Waals surface area contributed by atoms with Gasteiger partial charge in [-0.05, 0) is 30.9 Å². The van der Waals surface area contributed by atoms with E-state index in [-0.39, 0.29) is 23.5 Å². The van der Waals surface area contributed by atoms with E-state index in [1.165, 1.54) is 11.0 Å². The van der Waals surface area contributed by atoms with Crippen LogP contribution in [-0.4, -0.2) is 23.3 Å². The lowest BCUT2D eigenvalue weighted by molar-refractivity contribution is -0.137. The summed E-state index contributed by atoms with van der Waals surface area (Å²) in [5, 5.41) is 0. The van der Waals surface area contributed by atoms with Gasteiger partial charge >= 0.3 is 0 Å². The van der Waals surface area contributed by atoms with E-state index in [0.29, 0.717) is 18.5 Å². The average molecular weight is 347 g/mol. The van der Waals surface area contributed by atoms with Gasteiger partial charge in [-0.3, -0.25) is 14.5 Å². The molecular weight excluding hydrogens is 326 g/mol. The summed E-state index contributed by atoms with van der Waals surface area (Å²) in [7, 11) is 0. The van der Waals surface area contributed by atoms with Crippen molar-refractivity contribution in [2.24, 2.45) is 0 Å². The van der Waals surface area contributed by atoms with Crippen molar-refractivity contribution in [1.29, 1.82) is 0 Å². The minimum atomic E-state index is -0.378. The number of carbonyl (C=O) groups excluding carboxylic acids is 2. The van der Waals surface area contributed by atoms with E-state index in [9.17, 15) is 9.59 Å². The van der Waals surface area contributed by atoms with Crippen molar-refractivity contribution in [3.8, 4) is 0 Å². The molecule has 2 amide bonds. The Bertz CT molecular complexity index is 859. The summed E-state index contributed by atoms with van der Waals surface area (Å²) in [6.07, 6.45) is 2.88. The third-order valence-electron chi connectivity index (χ3n) is 5.18. The number of imide groups is 1. The Kier molecular flexibility index (Phi) is 4.21. The predicted octanol–water partition coefficient (Wildman–Crippen LogP) is 3.75. The number of rotatable bonds is 6. The largest absolute Gasteiger partial charge is 0.356 e. The molecule has 4 heteroatoms. The van der Waals surface area contributed by atoms with Crippen LogP contribution in [-0.2, 0) is 19.9 Å². The zero-order chi connectivity index (χ0) is 18.1. The van der Waals surface area contributed by atoms with Crippen molar-refractivity contribution in [2.45, 2.75) is 31.5 Å². The molecule has 0 saturated carbocycles. The van der Waals surface area contributed by atoms with Crippen LogP contribution in [0.5, 0.6) is 0 Å². The normalized spacial score (nSPS) is 24.7. The maximum absolute atomic E-state index is 12.0. The maximum Gasteiger partial charge on any atom is 0.256 e.